The minimum absolute atomic E-state index is 0.620. The quantitative estimate of drug-likeness (QED) is 0.731. The Morgan fingerprint density at radius 1 is 1.29 bits per heavy atom. The molecular weight excluding hydrogens is 303 g/mol. The van der Waals surface area contributed by atoms with Crippen molar-refractivity contribution in [2.75, 3.05) is 11.9 Å². The molecule has 1 aromatic rings. The average molecular weight is 312 g/mol. The van der Waals surface area contributed by atoms with Gasteiger partial charge in [0.1, 0.15) is 5.82 Å². The van der Waals surface area contributed by atoms with Crippen LogP contribution in [0.3, 0.4) is 0 Å². The highest BCUT2D eigenvalue weighted by Gasteiger charge is 2.40. The Bertz CT molecular complexity index is 551. The third kappa shape index (κ3) is 4.29. The van der Waals surface area contributed by atoms with Crippen LogP contribution in [-0.4, -0.2) is 36.0 Å². The number of benzene rings is 1. The second kappa shape index (κ2) is 6.37. The van der Waals surface area contributed by atoms with E-state index in [0.29, 0.717) is 0 Å². The van der Waals surface area contributed by atoms with Crippen LogP contribution in [0, 0.1) is 5.82 Å². The lowest BCUT2D eigenvalue weighted by Gasteiger charge is -2.16. The lowest BCUT2D eigenvalue weighted by Crippen LogP contribution is -2.43. The van der Waals surface area contributed by atoms with Crippen molar-refractivity contribution < 1.29 is 36.6 Å². The maximum Gasteiger partial charge on any atom is 0.337 e. The van der Waals surface area contributed by atoms with E-state index in [1.807, 2.05) is 0 Å². The third-order valence-corrected chi connectivity index (χ3v) is 2.29. The van der Waals surface area contributed by atoms with Gasteiger partial charge in [0.2, 0.25) is 0 Å². The first-order valence-electron chi connectivity index (χ1n) is 5.38. The summed E-state index contributed by atoms with van der Waals surface area (Å²) in [5.41, 5.74) is -1.38. The number of carboxylic acids is 1. The predicted octanol–water partition coefficient (Wildman–Crippen LogP) is 2.55. The van der Waals surface area contributed by atoms with Gasteiger partial charge in [-0.3, -0.25) is 0 Å². The Morgan fingerprint density at radius 3 is 2.43 bits per heavy atom. The fraction of sp³-hybridized carbons (Fsp3) is 0.273. The van der Waals surface area contributed by atoms with Crippen molar-refractivity contribution in [2.24, 2.45) is 0 Å². The Hall–Kier alpha value is -2.39. The van der Waals surface area contributed by atoms with Crippen LogP contribution in [0.15, 0.2) is 18.2 Å². The monoisotopic (exact) mass is 312 g/mol. The third-order valence-electron chi connectivity index (χ3n) is 2.29. The van der Waals surface area contributed by atoms with E-state index in [-0.39, 0.29) is 0 Å². The molecule has 0 aromatic heterocycles. The van der Waals surface area contributed by atoms with E-state index >= 15 is 0 Å². The zero-order valence-electron chi connectivity index (χ0n) is 10.2. The van der Waals surface area contributed by atoms with Gasteiger partial charge in [-0.2, -0.15) is 8.78 Å². The molecule has 10 heteroatoms. The van der Waals surface area contributed by atoms with Crippen molar-refractivity contribution in [1.82, 2.24) is 5.32 Å². The number of hydrogen-bond acceptors (Lipinski definition) is 2. The lowest BCUT2D eigenvalue weighted by atomic mass is 10.1. The molecule has 0 saturated carbocycles. The van der Waals surface area contributed by atoms with E-state index < -0.39 is 48.0 Å². The van der Waals surface area contributed by atoms with Crippen molar-refractivity contribution in [3.05, 3.63) is 29.6 Å². The largest absolute Gasteiger partial charge is 0.478 e. The summed E-state index contributed by atoms with van der Waals surface area (Å²) in [4.78, 5) is 22.1. The molecule has 0 spiro atoms. The van der Waals surface area contributed by atoms with E-state index in [1.54, 1.807) is 5.32 Å². The van der Waals surface area contributed by atoms with Gasteiger partial charge in [-0.05, 0) is 12.1 Å². The minimum Gasteiger partial charge on any atom is -0.478 e. The molecule has 1 aromatic carbocycles. The van der Waals surface area contributed by atoms with Crippen molar-refractivity contribution in [2.45, 2.75) is 12.3 Å². The summed E-state index contributed by atoms with van der Waals surface area (Å²) in [6.45, 7) is -1.69. The number of hydrogen-bond donors (Lipinski definition) is 3. The summed E-state index contributed by atoms with van der Waals surface area (Å²) >= 11 is 0. The van der Waals surface area contributed by atoms with Crippen molar-refractivity contribution in [1.29, 1.82) is 0 Å². The molecule has 0 aliphatic heterocycles. The molecule has 116 valence electrons. The first kappa shape index (κ1) is 16.7. The molecule has 0 radical (unpaired) electrons. The summed E-state index contributed by atoms with van der Waals surface area (Å²) in [7, 11) is 0. The van der Waals surface area contributed by atoms with Gasteiger partial charge in [-0.25, -0.2) is 22.8 Å². The minimum atomic E-state index is -4.46. The molecule has 2 amide bonds. The van der Waals surface area contributed by atoms with Gasteiger partial charge in [-0.1, -0.05) is 6.07 Å². The number of alkyl halides is 4. The van der Waals surface area contributed by atoms with Gasteiger partial charge < -0.3 is 15.7 Å². The Kier molecular flexibility index (Phi) is 5.06. The summed E-state index contributed by atoms with van der Waals surface area (Å²) in [5, 5.41) is 11.9. The molecule has 0 unspecified atom stereocenters. The number of carbonyl (C=O) groups excluding carboxylic acids is 1. The van der Waals surface area contributed by atoms with E-state index in [4.69, 9.17) is 5.11 Å². The van der Waals surface area contributed by atoms with Crippen LogP contribution in [0.2, 0.25) is 0 Å². The van der Waals surface area contributed by atoms with E-state index in [1.165, 1.54) is 5.32 Å². The fourth-order valence-corrected chi connectivity index (χ4v) is 1.26. The number of aromatic carboxylic acids is 1. The van der Waals surface area contributed by atoms with E-state index in [2.05, 4.69) is 0 Å². The Morgan fingerprint density at radius 2 is 1.90 bits per heavy atom. The summed E-state index contributed by atoms with van der Waals surface area (Å²) < 4.78 is 62.3. The van der Waals surface area contributed by atoms with Gasteiger partial charge >= 0.3 is 24.3 Å². The zero-order chi connectivity index (χ0) is 16.2. The summed E-state index contributed by atoms with van der Waals surface area (Å²) in [6, 6.07) is 1.42. The van der Waals surface area contributed by atoms with Crippen molar-refractivity contribution in [3.63, 3.8) is 0 Å². The standard InChI is InChI=1S/C11H9F5N2O3/c12-6-3-1-2-5(8(19)20)7(6)18-10(21)17-4-11(15,16)9(13)14/h1-3,9H,4H2,(H,19,20)(H2,17,18,21). The summed E-state index contributed by atoms with van der Waals surface area (Å²) in [6.07, 6.45) is -3.99. The van der Waals surface area contributed by atoms with Crippen molar-refractivity contribution >= 4 is 17.7 Å². The van der Waals surface area contributed by atoms with E-state index in [0.717, 1.165) is 18.2 Å². The number of carbonyl (C=O) groups is 2. The highest BCUT2D eigenvalue weighted by Crippen LogP contribution is 2.22. The number of anilines is 1. The molecule has 0 saturated heterocycles. The molecule has 0 aliphatic rings. The fourth-order valence-electron chi connectivity index (χ4n) is 1.26. The average Bonchev–Trinajstić information content (AvgIpc) is 2.38. The number of halogens is 5. The van der Waals surface area contributed by atoms with Crippen LogP contribution in [0.5, 0.6) is 0 Å². The summed E-state index contributed by atoms with van der Waals surface area (Å²) in [5.74, 6) is -7.14. The highest BCUT2D eigenvalue weighted by molar-refractivity contribution is 6.00. The van der Waals surface area contributed by atoms with Gasteiger partial charge in [0.15, 0.2) is 0 Å². The second-order valence-corrected chi connectivity index (χ2v) is 3.84. The number of carboxylic acid groups (broad SMARTS) is 1. The van der Waals surface area contributed by atoms with Crippen LogP contribution in [0.25, 0.3) is 0 Å². The molecule has 21 heavy (non-hydrogen) atoms. The first-order valence-corrected chi connectivity index (χ1v) is 5.38. The topological polar surface area (TPSA) is 78.4 Å². The number of para-hydroxylation sites is 1. The smallest absolute Gasteiger partial charge is 0.337 e. The molecule has 0 heterocycles. The van der Waals surface area contributed by atoms with Crippen LogP contribution >= 0.6 is 0 Å². The normalized spacial score (nSPS) is 11.3. The van der Waals surface area contributed by atoms with Crippen LogP contribution in [-0.2, 0) is 0 Å². The van der Waals surface area contributed by atoms with Gasteiger partial charge in [-0.15, -0.1) is 0 Å². The predicted molar refractivity (Wildman–Crippen MR) is 61.3 cm³/mol. The maximum absolute atomic E-state index is 13.4. The molecule has 0 atom stereocenters. The molecular formula is C11H9F5N2O3. The maximum atomic E-state index is 13.4. The zero-order valence-corrected chi connectivity index (χ0v) is 10.2. The number of rotatable bonds is 5. The Labute approximate surface area is 114 Å². The van der Waals surface area contributed by atoms with Crippen LogP contribution < -0.4 is 10.6 Å². The second-order valence-electron chi connectivity index (χ2n) is 3.84. The molecule has 5 nitrogen and oxygen atoms in total. The van der Waals surface area contributed by atoms with Gasteiger partial charge in [0, 0.05) is 0 Å². The molecule has 0 fully saturated rings. The molecule has 1 rings (SSSR count). The van der Waals surface area contributed by atoms with E-state index in [9.17, 15) is 31.5 Å². The van der Waals surface area contributed by atoms with Gasteiger partial charge in [0.05, 0.1) is 17.8 Å². The SMILES string of the molecule is O=C(NCC(F)(F)C(F)F)Nc1c(F)cccc1C(=O)O. The number of amides is 2. The number of urea groups is 1. The molecule has 0 bridgehead atoms. The Balaban J connectivity index is 2.79. The lowest BCUT2D eigenvalue weighted by molar-refractivity contribution is -0.123. The molecule has 3 N–H and O–H groups in total. The molecule has 0 aliphatic carbocycles. The van der Waals surface area contributed by atoms with Crippen LogP contribution in [0.4, 0.5) is 32.4 Å². The number of nitrogens with one attached hydrogen (secondary N) is 2. The first-order chi connectivity index (χ1) is 9.65. The van der Waals surface area contributed by atoms with Gasteiger partial charge in [0.25, 0.3) is 0 Å². The van der Waals surface area contributed by atoms with Crippen LogP contribution in [0.1, 0.15) is 10.4 Å². The highest BCUT2D eigenvalue weighted by atomic mass is 19.3. The van der Waals surface area contributed by atoms with Crippen molar-refractivity contribution in [3.8, 4) is 0 Å².